The lowest BCUT2D eigenvalue weighted by Crippen LogP contribution is -2.02. The number of hydrogen-bond acceptors (Lipinski definition) is 1. The molecule has 0 radical (unpaired) electrons. The van der Waals surface area contributed by atoms with Crippen molar-refractivity contribution in [2.24, 2.45) is 5.92 Å². The number of allylic oxidation sites excluding steroid dienone is 5. The third kappa shape index (κ3) is 3.25. The maximum absolute atomic E-state index is 9.74. The zero-order valence-corrected chi connectivity index (χ0v) is 14.4. The van der Waals surface area contributed by atoms with E-state index in [4.69, 9.17) is 0 Å². The van der Waals surface area contributed by atoms with Gasteiger partial charge in [0.2, 0.25) is 0 Å². The summed E-state index contributed by atoms with van der Waals surface area (Å²) in [5, 5.41) is 9.74. The number of hydrogen-bond donors (Lipinski definition) is 1. The standard InChI is InChI=1S/C25H20O/c26-23-17-15-22(16-18-23)25(20-11-5-2-6-12-20)24(21-13-7-8-14-21)19-9-3-1-4-10-19/h1-18,21,26H/b25-24-. The average Bonchev–Trinajstić information content (AvgIpc) is 3.22. The van der Waals surface area contributed by atoms with Crippen LogP contribution < -0.4 is 0 Å². The van der Waals surface area contributed by atoms with E-state index in [0.717, 1.165) is 5.56 Å². The zero-order valence-electron chi connectivity index (χ0n) is 14.4. The van der Waals surface area contributed by atoms with Crippen molar-refractivity contribution in [1.82, 2.24) is 0 Å². The van der Waals surface area contributed by atoms with Crippen molar-refractivity contribution in [3.05, 3.63) is 126 Å². The predicted octanol–water partition coefficient (Wildman–Crippen LogP) is 6.09. The second-order valence-electron chi connectivity index (χ2n) is 6.36. The summed E-state index contributed by atoms with van der Waals surface area (Å²) in [4.78, 5) is 0. The summed E-state index contributed by atoms with van der Waals surface area (Å²) in [5.74, 6) is 0.504. The Morgan fingerprint density at radius 2 is 1.08 bits per heavy atom. The van der Waals surface area contributed by atoms with Crippen LogP contribution in [0.5, 0.6) is 5.75 Å². The van der Waals surface area contributed by atoms with Gasteiger partial charge in [-0.15, -0.1) is 0 Å². The van der Waals surface area contributed by atoms with Crippen molar-refractivity contribution in [2.45, 2.75) is 0 Å². The molecule has 0 aromatic heterocycles. The maximum Gasteiger partial charge on any atom is 0.115 e. The molecule has 0 spiro atoms. The van der Waals surface area contributed by atoms with E-state index in [1.807, 2.05) is 24.3 Å². The van der Waals surface area contributed by atoms with Crippen molar-refractivity contribution >= 4 is 11.1 Å². The highest BCUT2D eigenvalue weighted by atomic mass is 16.3. The molecule has 0 atom stereocenters. The molecule has 3 aromatic rings. The van der Waals surface area contributed by atoms with E-state index in [1.54, 1.807) is 12.1 Å². The van der Waals surface area contributed by atoms with Crippen LogP contribution in [0, 0.1) is 5.92 Å². The van der Waals surface area contributed by atoms with Gasteiger partial charge in [0.05, 0.1) is 0 Å². The van der Waals surface area contributed by atoms with E-state index >= 15 is 0 Å². The van der Waals surface area contributed by atoms with Crippen LogP contribution in [0.1, 0.15) is 16.7 Å². The Morgan fingerprint density at radius 1 is 0.577 bits per heavy atom. The smallest absolute Gasteiger partial charge is 0.115 e. The summed E-state index contributed by atoms with van der Waals surface area (Å²) in [7, 11) is 0. The Kier molecular flexibility index (Phi) is 4.53. The van der Waals surface area contributed by atoms with E-state index in [1.165, 1.54) is 22.3 Å². The van der Waals surface area contributed by atoms with Gasteiger partial charge in [-0.2, -0.15) is 0 Å². The molecular formula is C25H20O. The number of phenolic OH excluding ortho intramolecular Hbond substituents is 1. The van der Waals surface area contributed by atoms with Crippen molar-refractivity contribution in [1.29, 1.82) is 0 Å². The van der Waals surface area contributed by atoms with Gasteiger partial charge >= 0.3 is 0 Å². The van der Waals surface area contributed by atoms with Gasteiger partial charge < -0.3 is 5.11 Å². The third-order valence-corrected chi connectivity index (χ3v) is 4.65. The molecule has 0 bridgehead atoms. The number of benzene rings is 3. The van der Waals surface area contributed by atoms with Crippen LogP contribution in [0.2, 0.25) is 0 Å². The third-order valence-electron chi connectivity index (χ3n) is 4.65. The second-order valence-corrected chi connectivity index (χ2v) is 6.36. The minimum atomic E-state index is 0.224. The molecule has 1 nitrogen and oxygen atoms in total. The van der Waals surface area contributed by atoms with Crippen molar-refractivity contribution in [3.8, 4) is 5.75 Å². The summed E-state index contributed by atoms with van der Waals surface area (Å²) >= 11 is 0. The number of rotatable bonds is 4. The van der Waals surface area contributed by atoms with Crippen LogP contribution >= 0.6 is 0 Å². The molecule has 3 aromatic carbocycles. The number of aromatic hydroxyl groups is 1. The van der Waals surface area contributed by atoms with Gasteiger partial charge in [-0.05, 0) is 40.0 Å². The SMILES string of the molecule is Oc1ccc(/C(=C(/c2ccccc2)C2C=CC=C2)c2ccccc2)cc1. The lowest BCUT2D eigenvalue weighted by Gasteiger charge is -2.20. The molecule has 1 aliphatic carbocycles. The molecule has 0 saturated heterocycles. The minimum absolute atomic E-state index is 0.224. The Bertz CT molecular complexity index is 950. The van der Waals surface area contributed by atoms with Crippen LogP contribution in [0.3, 0.4) is 0 Å². The van der Waals surface area contributed by atoms with Crippen LogP contribution in [0.15, 0.2) is 109 Å². The molecular weight excluding hydrogens is 316 g/mol. The molecule has 0 unspecified atom stereocenters. The first-order valence-corrected chi connectivity index (χ1v) is 8.82. The van der Waals surface area contributed by atoms with Crippen molar-refractivity contribution < 1.29 is 5.11 Å². The molecule has 0 aliphatic heterocycles. The molecule has 0 fully saturated rings. The summed E-state index contributed by atoms with van der Waals surface area (Å²) in [6, 6.07) is 28.5. The first-order chi connectivity index (χ1) is 12.8. The first-order valence-electron chi connectivity index (χ1n) is 8.82. The average molecular weight is 336 g/mol. The van der Waals surface area contributed by atoms with Crippen LogP contribution in [-0.2, 0) is 0 Å². The summed E-state index contributed by atoms with van der Waals surface area (Å²) < 4.78 is 0. The first kappa shape index (κ1) is 16.2. The Balaban J connectivity index is 2.03. The van der Waals surface area contributed by atoms with E-state index in [9.17, 15) is 5.11 Å². The summed E-state index contributed by atoms with van der Waals surface area (Å²) in [6.07, 6.45) is 8.66. The molecule has 4 rings (SSSR count). The zero-order chi connectivity index (χ0) is 17.8. The van der Waals surface area contributed by atoms with Gasteiger partial charge in [0.1, 0.15) is 5.75 Å². The highest BCUT2D eigenvalue weighted by molar-refractivity contribution is 6.00. The Morgan fingerprint density at radius 3 is 1.65 bits per heavy atom. The summed E-state index contributed by atoms with van der Waals surface area (Å²) in [6.45, 7) is 0. The monoisotopic (exact) mass is 336 g/mol. The quantitative estimate of drug-likeness (QED) is 0.571. The molecule has 0 heterocycles. The Hall–Kier alpha value is -3.32. The normalized spacial score (nSPS) is 14.5. The van der Waals surface area contributed by atoms with E-state index in [0.29, 0.717) is 0 Å². The minimum Gasteiger partial charge on any atom is -0.508 e. The molecule has 0 amide bonds. The molecule has 0 saturated carbocycles. The second kappa shape index (κ2) is 7.28. The number of phenols is 1. The van der Waals surface area contributed by atoms with Crippen molar-refractivity contribution in [3.63, 3.8) is 0 Å². The highest BCUT2D eigenvalue weighted by Gasteiger charge is 2.20. The van der Waals surface area contributed by atoms with Crippen LogP contribution in [0.25, 0.3) is 11.1 Å². The van der Waals surface area contributed by atoms with Crippen LogP contribution in [0.4, 0.5) is 0 Å². The van der Waals surface area contributed by atoms with Gasteiger partial charge in [0, 0.05) is 5.92 Å². The summed E-state index contributed by atoms with van der Waals surface area (Å²) in [5.41, 5.74) is 5.94. The maximum atomic E-state index is 9.74. The van der Waals surface area contributed by atoms with Gasteiger partial charge in [-0.1, -0.05) is 97.1 Å². The fourth-order valence-electron chi connectivity index (χ4n) is 3.46. The van der Waals surface area contributed by atoms with Crippen molar-refractivity contribution in [2.75, 3.05) is 0 Å². The van der Waals surface area contributed by atoms with Gasteiger partial charge in [0.15, 0.2) is 0 Å². The molecule has 1 heteroatoms. The molecule has 26 heavy (non-hydrogen) atoms. The lowest BCUT2D eigenvalue weighted by atomic mass is 9.83. The topological polar surface area (TPSA) is 20.2 Å². The fourth-order valence-corrected chi connectivity index (χ4v) is 3.46. The lowest BCUT2D eigenvalue weighted by molar-refractivity contribution is 0.475. The Labute approximate surface area is 154 Å². The van der Waals surface area contributed by atoms with Gasteiger partial charge in [-0.3, -0.25) is 0 Å². The molecule has 1 aliphatic rings. The van der Waals surface area contributed by atoms with E-state index in [-0.39, 0.29) is 11.7 Å². The van der Waals surface area contributed by atoms with Gasteiger partial charge in [0.25, 0.3) is 0 Å². The van der Waals surface area contributed by atoms with E-state index < -0.39 is 0 Å². The van der Waals surface area contributed by atoms with Crippen LogP contribution in [-0.4, -0.2) is 5.11 Å². The van der Waals surface area contributed by atoms with Gasteiger partial charge in [-0.25, -0.2) is 0 Å². The molecule has 1 N–H and O–H groups in total. The largest absolute Gasteiger partial charge is 0.508 e. The predicted molar refractivity (Wildman–Crippen MR) is 109 cm³/mol. The van der Waals surface area contributed by atoms with E-state index in [2.05, 4.69) is 72.8 Å². The highest BCUT2D eigenvalue weighted by Crippen LogP contribution is 2.39. The molecule has 126 valence electrons. The fraction of sp³-hybridized carbons (Fsp3) is 0.0400.